The first-order valence-corrected chi connectivity index (χ1v) is 8.93. The molecule has 0 saturated heterocycles. The minimum atomic E-state index is -1.70. The zero-order chi connectivity index (χ0) is 6.78. The Labute approximate surface area is 58.6 Å². The third-order valence-corrected chi connectivity index (χ3v) is 4.72. The molecule has 1 nitrogen and oxygen atoms in total. The van der Waals surface area contributed by atoms with E-state index in [1.54, 1.807) is 0 Å². The van der Waals surface area contributed by atoms with Gasteiger partial charge in [-0.05, 0) is 26.2 Å². The van der Waals surface area contributed by atoms with Gasteiger partial charge in [-0.15, -0.1) is 11.1 Å². The minimum absolute atomic E-state index is 0.562. The SMILES string of the molecule is C[Si](C)O[Si](C)(C)Cl. The van der Waals surface area contributed by atoms with Crippen molar-refractivity contribution in [1.29, 1.82) is 0 Å². The van der Waals surface area contributed by atoms with Gasteiger partial charge in [-0.1, -0.05) is 0 Å². The first kappa shape index (κ1) is 8.68. The standard InChI is InChI=1S/C4H12ClOSi2/c1-7(2)6-8(3,4)5/h1-4H3. The van der Waals surface area contributed by atoms with Crippen molar-refractivity contribution in [2.75, 3.05) is 0 Å². The van der Waals surface area contributed by atoms with Gasteiger partial charge in [0.05, 0.1) is 0 Å². The normalized spacial score (nSPS) is 12.8. The third kappa shape index (κ3) is 6.68. The molecule has 0 atom stereocenters. The van der Waals surface area contributed by atoms with Crippen molar-refractivity contribution in [1.82, 2.24) is 0 Å². The molecule has 8 heavy (non-hydrogen) atoms. The lowest BCUT2D eigenvalue weighted by atomic mass is 11.9. The zero-order valence-electron chi connectivity index (χ0n) is 5.79. The maximum Gasteiger partial charge on any atom is 0.273 e. The van der Waals surface area contributed by atoms with E-state index in [1.807, 2.05) is 13.1 Å². The highest BCUT2D eigenvalue weighted by Crippen LogP contribution is 2.09. The first-order chi connectivity index (χ1) is 3.42. The van der Waals surface area contributed by atoms with Crippen LogP contribution in [0.3, 0.4) is 0 Å². The van der Waals surface area contributed by atoms with Crippen LogP contribution in [0, 0.1) is 0 Å². The molecule has 0 aromatic rings. The molecule has 0 rings (SSSR count). The van der Waals surface area contributed by atoms with Crippen LogP contribution >= 0.6 is 11.1 Å². The Balaban J connectivity index is 3.39. The molecular formula is C4H12ClOSi2. The van der Waals surface area contributed by atoms with E-state index in [4.69, 9.17) is 15.2 Å². The van der Waals surface area contributed by atoms with Gasteiger partial charge in [0.15, 0.2) is 9.04 Å². The maximum absolute atomic E-state index is 5.87. The summed E-state index contributed by atoms with van der Waals surface area (Å²) in [4.78, 5) is 0. The Morgan fingerprint density at radius 1 is 1.38 bits per heavy atom. The molecule has 0 bridgehead atoms. The van der Waals surface area contributed by atoms with Crippen molar-refractivity contribution < 1.29 is 4.12 Å². The maximum atomic E-state index is 5.87. The summed E-state index contributed by atoms with van der Waals surface area (Å²) in [6.07, 6.45) is 0. The summed E-state index contributed by atoms with van der Waals surface area (Å²) in [7, 11) is -2.27. The molecule has 0 aliphatic rings. The molecule has 0 heterocycles. The molecule has 1 radical (unpaired) electrons. The number of halogens is 1. The van der Waals surface area contributed by atoms with Crippen molar-refractivity contribution in [3.05, 3.63) is 0 Å². The summed E-state index contributed by atoms with van der Waals surface area (Å²) < 4.78 is 5.44. The lowest BCUT2D eigenvalue weighted by Crippen LogP contribution is -2.28. The van der Waals surface area contributed by atoms with E-state index in [0.29, 0.717) is 0 Å². The van der Waals surface area contributed by atoms with Crippen LogP contribution < -0.4 is 0 Å². The van der Waals surface area contributed by atoms with Crippen molar-refractivity contribution >= 4 is 27.7 Å². The van der Waals surface area contributed by atoms with E-state index in [-0.39, 0.29) is 0 Å². The van der Waals surface area contributed by atoms with Gasteiger partial charge in [0, 0.05) is 0 Å². The van der Waals surface area contributed by atoms with Gasteiger partial charge in [-0.2, -0.15) is 0 Å². The lowest BCUT2D eigenvalue weighted by Gasteiger charge is -2.16. The van der Waals surface area contributed by atoms with Gasteiger partial charge >= 0.3 is 0 Å². The second-order valence-corrected chi connectivity index (χ2v) is 10.5. The predicted octanol–water partition coefficient (Wildman–Crippen LogP) is 2.19. The molecule has 0 spiro atoms. The topological polar surface area (TPSA) is 9.23 Å². The lowest BCUT2D eigenvalue weighted by molar-refractivity contribution is 0.599. The van der Waals surface area contributed by atoms with Crippen molar-refractivity contribution in [2.45, 2.75) is 26.2 Å². The van der Waals surface area contributed by atoms with Crippen LogP contribution in [0.25, 0.3) is 0 Å². The van der Waals surface area contributed by atoms with E-state index in [0.717, 1.165) is 0 Å². The van der Waals surface area contributed by atoms with Gasteiger partial charge in [0.2, 0.25) is 0 Å². The smallest absolute Gasteiger partial charge is 0.273 e. The van der Waals surface area contributed by atoms with Gasteiger partial charge in [-0.3, -0.25) is 0 Å². The molecule has 0 fully saturated rings. The average molecular weight is 168 g/mol. The molecule has 0 saturated carbocycles. The fourth-order valence-electron chi connectivity index (χ4n) is 0.485. The Morgan fingerprint density at radius 2 is 1.75 bits per heavy atom. The van der Waals surface area contributed by atoms with Crippen LogP contribution in [0.5, 0.6) is 0 Å². The van der Waals surface area contributed by atoms with Gasteiger partial charge in [0.1, 0.15) is 0 Å². The Kier molecular flexibility index (Phi) is 3.26. The summed E-state index contributed by atoms with van der Waals surface area (Å²) in [6, 6.07) is 0. The van der Waals surface area contributed by atoms with E-state index in [9.17, 15) is 0 Å². The molecule has 0 aliphatic heterocycles. The fraction of sp³-hybridized carbons (Fsp3) is 1.00. The summed E-state index contributed by atoms with van der Waals surface area (Å²) in [5.74, 6) is 0. The number of hydrogen-bond acceptors (Lipinski definition) is 1. The van der Waals surface area contributed by atoms with Gasteiger partial charge < -0.3 is 4.12 Å². The zero-order valence-corrected chi connectivity index (χ0v) is 8.54. The van der Waals surface area contributed by atoms with Crippen LogP contribution in [0.1, 0.15) is 0 Å². The highest BCUT2D eigenvalue weighted by atomic mass is 35.6. The summed E-state index contributed by atoms with van der Waals surface area (Å²) in [5.41, 5.74) is 0. The van der Waals surface area contributed by atoms with Crippen molar-refractivity contribution in [3.63, 3.8) is 0 Å². The van der Waals surface area contributed by atoms with Crippen LogP contribution in [-0.4, -0.2) is 16.7 Å². The largest absolute Gasteiger partial charge is 0.445 e. The van der Waals surface area contributed by atoms with E-state index < -0.39 is 16.7 Å². The molecule has 0 amide bonds. The van der Waals surface area contributed by atoms with E-state index in [1.165, 1.54) is 0 Å². The van der Waals surface area contributed by atoms with Crippen LogP contribution in [0.4, 0.5) is 0 Å². The molecular weight excluding hydrogens is 156 g/mol. The van der Waals surface area contributed by atoms with Crippen LogP contribution in [0.2, 0.25) is 26.2 Å². The Hall–Kier alpha value is 0.684. The third-order valence-electron chi connectivity index (χ3n) is 0.447. The molecule has 0 aromatic carbocycles. The quantitative estimate of drug-likeness (QED) is 0.453. The highest BCUT2D eigenvalue weighted by molar-refractivity contribution is 7.16. The molecule has 0 aromatic heterocycles. The molecule has 0 aliphatic carbocycles. The summed E-state index contributed by atoms with van der Waals surface area (Å²) in [5, 5.41) is 0. The Morgan fingerprint density at radius 3 is 1.75 bits per heavy atom. The van der Waals surface area contributed by atoms with Gasteiger partial charge in [-0.25, -0.2) is 0 Å². The number of hydrogen-bond donors (Lipinski definition) is 0. The fourth-order valence-corrected chi connectivity index (χ4v) is 5.76. The minimum Gasteiger partial charge on any atom is -0.445 e. The number of rotatable bonds is 2. The monoisotopic (exact) mass is 167 g/mol. The second kappa shape index (κ2) is 3.01. The summed E-state index contributed by atoms with van der Waals surface area (Å²) >= 11 is 5.87. The molecule has 0 N–H and O–H groups in total. The van der Waals surface area contributed by atoms with Crippen molar-refractivity contribution in [2.24, 2.45) is 0 Å². The van der Waals surface area contributed by atoms with Crippen molar-refractivity contribution in [3.8, 4) is 0 Å². The second-order valence-electron chi connectivity index (χ2n) is 2.37. The highest BCUT2D eigenvalue weighted by Gasteiger charge is 2.19. The molecule has 0 unspecified atom stereocenters. The first-order valence-electron chi connectivity index (χ1n) is 2.60. The average Bonchev–Trinajstić information content (AvgIpc) is 1.21. The predicted molar refractivity (Wildman–Crippen MR) is 41.9 cm³/mol. The van der Waals surface area contributed by atoms with Crippen LogP contribution in [0.15, 0.2) is 0 Å². The van der Waals surface area contributed by atoms with E-state index in [2.05, 4.69) is 13.1 Å². The van der Waals surface area contributed by atoms with E-state index >= 15 is 0 Å². The molecule has 4 heteroatoms. The van der Waals surface area contributed by atoms with Gasteiger partial charge in [0.25, 0.3) is 7.63 Å². The summed E-state index contributed by atoms with van der Waals surface area (Å²) in [6.45, 7) is 8.18. The van der Waals surface area contributed by atoms with Crippen LogP contribution in [-0.2, 0) is 4.12 Å². The molecule has 49 valence electrons. The Bertz CT molecular complexity index is 68.9.